The molecule has 1 N–H and O–H groups in total. The molecule has 0 saturated carbocycles. The normalized spacial score (nSPS) is 24.1. The molecule has 0 spiro atoms. The number of ether oxygens (including phenoxy) is 4. The van der Waals surface area contributed by atoms with Crippen molar-refractivity contribution in [3.05, 3.63) is 29.0 Å². The molecule has 1 aromatic heterocycles. The fraction of sp³-hybridized carbons (Fsp3) is 0.444. The molecule has 0 amide bonds. The Bertz CT molecular complexity index is 966. The van der Waals surface area contributed by atoms with Crippen LogP contribution >= 0.6 is 12.2 Å². The maximum Gasteiger partial charge on any atom is 0.303 e. The van der Waals surface area contributed by atoms with Gasteiger partial charge in [-0.2, -0.15) is 0 Å². The molecular weight excluding hydrogens is 388 g/mol. The quantitative estimate of drug-likeness (QED) is 0.455. The van der Waals surface area contributed by atoms with Crippen LogP contribution in [0.15, 0.2) is 24.3 Å². The fourth-order valence-corrected chi connectivity index (χ4v) is 3.54. The molecule has 2 heterocycles. The van der Waals surface area contributed by atoms with Crippen molar-refractivity contribution in [1.29, 1.82) is 0 Å². The number of aromatic amines is 1. The number of nitrogens with one attached hydrogen (secondary N) is 1. The van der Waals surface area contributed by atoms with Crippen LogP contribution in [0.25, 0.3) is 11.0 Å². The zero-order valence-corrected chi connectivity index (χ0v) is 16.4. The number of benzene rings is 1. The Morgan fingerprint density at radius 2 is 1.71 bits per heavy atom. The second-order valence-corrected chi connectivity index (χ2v) is 6.72. The van der Waals surface area contributed by atoms with Crippen molar-refractivity contribution in [2.24, 2.45) is 0 Å². The molecular formula is C18H20N2O7S. The first-order valence-electron chi connectivity index (χ1n) is 8.60. The van der Waals surface area contributed by atoms with Gasteiger partial charge in [-0.25, -0.2) is 0 Å². The summed E-state index contributed by atoms with van der Waals surface area (Å²) in [5.41, 5.74) is 1.49. The maximum absolute atomic E-state index is 11.7. The Hall–Kier alpha value is -2.72. The van der Waals surface area contributed by atoms with Crippen LogP contribution in [0.2, 0.25) is 0 Å². The number of rotatable bonds is 5. The van der Waals surface area contributed by atoms with Gasteiger partial charge in [0.15, 0.2) is 23.2 Å². The van der Waals surface area contributed by atoms with Crippen LogP contribution in [0.5, 0.6) is 0 Å². The standard InChI is InChI=1S/C18H20N2O7S/c1-9(21)24-8-14-15(25-10(2)22)16(26-11(3)23)17(27-14)20-13-7-5-4-6-12(13)19-18(20)28/h4-7,14-17H,8H2,1-3H3,(H,19,28)/t14-,15-,16-,17-/m1/s1. The number of nitrogens with zero attached hydrogens (tertiary/aromatic N) is 1. The van der Waals surface area contributed by atoms with E-state index in [4.69, 9.17) is 31.2 Å². The van der Waals surface area contributed by atoms with Gasteiger partial charge in [-0.05, 0) is 24.4 Å². The van der Waals surface area contributed by atoms with Gasteiger partial charge in [0.05, 0.1) is 11.0 Å². The molecule has 0 unspecified atom stereocenters. The van der Waals surface area contributed by atoms with Gasteiger partial charge < -0.3 is 23.9 Å². The average molecular weight is 408 g/mol. The second-order valence-electron chi connectivity index (χ2n) is 6.33. The Morgan fingerprint density at radius 1 is 1.07 bits per heavy atom. The summed E-state index contributed by atoms with van der Waals surface area (Å²) in [5.74, 6) is -1.67. The van der Waals surface area contributed by atoms with E-state index in [0.717, 1.165) is 11.0 Å². The lowest BCUT2D eigenvalue weighted by atomic mass is 10.1. The molecule has 2 aromatic rings. The average Bonchev–Trinajstić information content (AvgIpc) is 3.09. The molecule has 1 aliphatic heterocycles. The van der Waals surface area contributed by atoms with Crippen LogP contribution in [-0.2, 0) is 33.3 Å². The number of para-hydroxylation sites is 2. The number of imidazole rings is 1. The van der Waals surface area contributed by atoms with Crippen LogP contribution < -0.4 is 0 Å². The minimum absolute atomic E-state index is 0.169. The Labute approximate surface area is 165 Å². The summed E-state index contributed by atoms with van der Waals surface area (Å²) in [4.78, 5) is 37.6. The number of carbonyl (C=O) groups excluding carboxylic acids is 3. The van der Waals surface area contributed by atoms with Gasteiger partial charge in [-0.15, -0.1) is 0 Å². The van der Waals surface area contributed by atoms with Gasteiger partial charge >= 0.3 is 17.9 Å². The molecule has 1 fully saturated rings. The summed E-state index contributed by atoms with van der Waals surface area (Å²) in [7, 11) is 0. The Kier molecular flexibility index (Phi) is 5.80. The van der Waals surface area contributed by atoms with Crippen molar-refractivity contribution in [3.8, 4) is 0 Å². The topological polar surface area (TPSA) is 109 Å². The van der Waals surface area contributed by atoms with Crippen LogP contribution in [0.1, 0.15) is 27.0 Å². The molecule has 4 atom stereocenters. The molecule has 28 heavy (non-hydrogen) atoms. The maximum atomic E-state index is 11.7. The van der Waals surface area contributed by atoms with E-state index in [1.54, 1.807) is 4.57 Å². The summed E-state index contributed by atoms with van der Waals surface area (Å²) in [6.07, 6.45) is -3.66. The molecule has 0 aliphatic carbocycles. The molecule has 1 aliphatic rings. The fourth-order valence-electron chi connectivity index (χ4n) is 3.23. The third-order valence-corrected chi connectivity index (χ3v) is 4.52. The Morgan fingerprint density at radius 3 is 2.36 bits per heavy atom. The zero-order valence-electron chi connectivity index (χ0n) is 15.5. The molecule has 10 heteroatoms. The highest BCUT2D eigenvalue weighted by Crippen LogP contribution is 2.36. The first kappa shape index (κ1) is 20.0. The number of aromatic nitrogens is 2. The first-order valence-corrected chi connectivity index (χ1v) is 9.01. The third-order valence-electron chi connectivity index (χ3n) is 4.22. The SMILES string of the molecule is CC(=O)OC[C@H]1O[C@@H](n2c(=S)[nH]c3ccccc32)[C@H](OC(C)=O)[C@@H]1OC(C)=O. The summed E-state index contributed by atoms with van der Waals surface area (Å²) in [6, 6.07) is 7.35. The summed E-state index contributed by atoms with van der Waals surface area (Å²) in [5, 5.41) is 0. The van der Waals surface area contributed by atoms with Crippen molar-refractivity contribution in [2.45, 2.75) is 45.3 Å². The number of hydrogen-bond donors (Lipinski definition) is 1. The molecule has 1 aromatic carbocycles. The van der Waals surface area contributed by atoms with E-state index in [0.29, 0.717) is 4.77 Å². The van der Waals surface area contributed by atoms with Gasteiger partial charge in [0.1, 0.15) is 12.7 Å². The van der Waals surface area contributed by atoms with Crippen LogP contribution in [-0.4, -0.2) is 52.4 Å². The van der Waals surface area contributed by atoms with Crippen molar-refractivity contribution >= 4 is 41.2 Å². The molecule has 0 radical (unpaired) electrons. The lowest BCUT2D eigenvalue weighted by Gasteiger charge is -2.24. The van der Waals surface area contributed by atoms with E-state index in [1.807, 2.05) is 24.3 Å². The van der Waals surface area contributed by atoms with E-state index < -0.39 is 42.4 Å². The van der Waals surface area contributed by atoms with Gasteiger partial charge in [0.2, 0.25) is 0 Å². The number of hydrogen-bond acceptors (Lipinski definition) is 8. The second kappa shape index (κ2) is 8.11. The predicted molar refractivity (Wildman–Crippen MR) is 98.8 cm³/mol. The van der Waals surface area contributed by atoms with Crippen LogP contribution in [0, 0.1) is 4.77 Å². The van der Waals surface area contributed by atoms with Crippen molar-refractivity contribution in [3.63, 3.8) is 0 Å². The van der Waals surface area contributed by atoms with Crippen molar-refractivity contribution in [1.82, 2.24) is 9.55 Å². The molecule has 0 bridgehead atoms. The summed E-state index contributed by atoms with van der Waals surface area (Å²) < 4.78 is 23.9. The van der Waals surface area contributed by atoms with E-state index in [-0.39, 0.29) is 6.61 Å². The van der Waals surface area contributed by atoms with Gasteiger partial charge in [-0.1, -0.05) is 12.1 Å². The minimum atomic E-state index is -0.979. The lowest BCUT2D eigenvalue weighted by molar-refractivity contribution is -0.166. The van der Waals surface area contributed by atoms with Crippen LogP contribution in [0.4, 0.5) is 0 Å². The van der Waals surface area contributed by atoms with Crippen LogP contribution in [0.3, 0.4) is 0 Å². The molecule has 9 nitrogen and oxygen atoms in total. The molecule has 1 saturated heterocycles. The minimum Gasteiger partial charge on any atom is -0.463 e. The largest absolute Gasteiger partial charge is 0.463 e. The summed E-state index contributed by atoms with van der Waals surface area (Å²) >= 11 is 5.42. The highest BCUT2D eigenvalue weighted by atomic mass is 32.1. The summed E-state index contributed by atoms with van der Waals surface area (Å²) in [6.45, 7) is 3.57. The molecule has 3 rings (SSSR count). The third kappa shape index (κ3) is 4.07. The highest BCUT2D eigenvalue weighted by Gasteiger charge is 2.51. The first-order chi connectivity index (χ1) is 13.3. The highest BCUT2D eigenvalue weighted by molar-refractivity contribution is 7.71. The van der Waals surface area contributed by atoms with Crippen molar-refractivity contribution in [2.75, 3.05) is 6.61 Å². The van der Waals surface area contributed by atoms with Gasteiger partial charge in [0.25, 0.3) is 0 Å². The number of fused-ring (bicyclic) bond motifs is 1. The van der Waals surface area contributed by atoms with E-state index in [1.165, 1.54) is 20.8 Å². The van der Waals surface area contributed by atoms with E-state index in [9.17, 15) is 14.4 Å². The monoisotopic (exact) mass is 408 g/mol. The number of carbonyl (C=O) groups is 3. The van der Waals surface area contributed by atoms with Crippen molar-refractivity contribution < 1.29 is 33.3 Å². The lowest BCUT2D eigenvalue weighted by Crippen LogP contribution is -2.40. The number of esters is 3. The van der Waals surface area contributed by atoms with Gasteiger partial charge in [0, 0.05) is 20.8 Å². The number of H-pyrrole nitrogens is 1. The zero-order chi connectivity index (χ0) is 20.4. The Balaban J connectivity index is 2.05. The van der Waals surface area contributed by atoms with Gasteiger partial charge in [-0.3, -0.25) is 19.0 Å². The van der Waals surface area contributed by atoms with E-state index >= 15 is 0 Å². The smallest absolute Gasteiger partial charge is 0.303 e. The molecule has 150 valence electrons. The van der Waals surface area contributed by atoms with E-state index in [2.05, 4.69) is 4.98 Å². The predicted octanol–water partition coefficient (Wildman–Crippen LogP) is 2.02.